The van der Waals surface area contributed by atoms with Crippen LogP contribution in [0.5, 0.6) is 5.75 Å². The third kappa shape index (κ3) is 10.2. The van der Waals surface area contributed by atoms with E-state index < -0.39 is 24.0 Å². The first kappa shape index (κ1) is 33.8. The number of rotatable bonds is 16. The minimum absolute atomic E-state index is 0.0527. The van der Waals surface area contributed by atoms with Gasteiger partial charge in [-0.2, -0.15) is 0 Å². The Kier molecular flexibility index (Phi) is 13.2. The molecule has 0 heterocycles. The number of nitrogens with two attached hydrogens (primary N) is 2. The van der Waals surface area contributed by atoms with Crippen LogP contribution in [0, 0.1) is 0 Å². The molecule has 0 aromatic heterocycles. The van der Waals surface area contributed by atoms with Gasteiger partial charge < -0.3 is 31.2 Å². The largest absolute Gasteiger partial charge is 0.497 e. The van der Waals surface area contributed by atoms with Crippen molar-refractivity contribution >= 4 is 33.7 Å². The fourth-order valence-electron chi connectivity index (χ4n) is 4.74. The quantitative estimate of drug-likeness (QED) is 0.191. The Bertz CT molecular complexity index is 1390. The zero-order valence-corrected chi connectivity index (χ0v) is 26.6. The molecular weight excluding hydrogens is 612 g/mol. The van der Waals surface area contributed by atoms with Crippen molar-refractivity contribution in [3.8, 4) is 5.75 Å². The maximum absolute atomic E-state index is 13.5. The molecule has 10 heteroatoms. The molecule has 0 saturated carbocycles. The maximum atomic E-state index is 13.5. The van der Waals surface area contributed by atoms with Gasteiger partial charge in [0.25, 0.3) is 5.91 Å². The molecule has 0 radical (unpaired) electrons. The topological polar surface area (TPSA) is 137 Å². The average molecular weight is 654 g/mol. The lowest BCUT2D eigenvalue weighted by Crippen LogP contribution is -2.46. The van der Waals surface area contributed by atoms with Crippen LogP contribution in [-0.4, -0.2) is 61.6 Å². The Morgan fingerprint density at radius 2 is 1.56 bits per heavy atom. The molecular formula is C33H41BrN4O5. The number of nitrogens with zero attached hydrogens (tertiary/aromatic N) is 1. The SMILES string of the molecule is CCCN(CCC)C(=O)c1cc(C(N)=O)cc(C(=O)O[C@H](CNCc2cccc(OC)c2)[C@@H](N)Cc2cccc(Br)c2)c1. The van der Waals surface area contributed by atoms with Crippen LogP contribution >= 0.6 is 15.9 Å². The van der Waals surface area contributed by atoms with Crippen LogP contribution in [-0.2, 0) is 17.7 Å². The first-order chi connectivity index (χ1) is 20.6. The standard InChI is InChI=1S/C33H41BrN4O5/c1-4-12-38(13-5-2)32(40)25-17-24(31(36)39)18-26(19-25)33(41)43-30(29(35)16-22-8-6-10-27(34)14-22)21-37-20-23-9-7-11-28(15-23)42-3/h6-11,14-15,17-19,29-30,37H,4-5,12-13,16,20-21,35H2,1-3H3,(H2,36,39)/t29-,30+/m0/s1. The monoisotopic (exact) mass is 652 g/mol. The molecule has 0 bridgehead atoms. The summed E-state index contributed by atoms with van der Waals surface area (Å²) >= 11 is 3.49. The van der Waals surface area contributed by atoms with E-state index in [1.807, 2.05) is 62.4 Å². The molecule has 43 heavy (non-hydrogen) atoms. The molecule has 0 fully saturated rings. The first-order valence-corrected chi connectivity index (χ1v) is 15.2. The van der Waals surface area contributed by atoms with Crippen molar-refractivity contribution in [2.45, 2.75) is 51.8 Å². The van der Waals surface area contributed by atoms with E-state index >= 15 is 0 Å². The normalized spacial score (nSPS) is 12.3. The molecule has 0 aliphatic carbocycles. The molecule has 0 unspecified atom stereocenters. The van der Waals surface area contributed by atoms with E-state index in [2.05, 4.69) is 21.2 Å². The Hall–Kier alpha value is -3.73. The van der Waals surface area contributed by atoms with Gasteiger partial charge in [0.2, 0.25) is 5.91 Å². The fourth-order valence-corrected chi connectivity index (χ4v) is 5.19. The number of benzene rings is 3. The summed E-state index contributed by atoms with van der Waals surface area (Å²) in [4.78, 5) is 40.7. The number of halogens is 1. The number of ether oxygens (including phenoxy) is 2. The number of esters is 1. The van der Waals surface area contributed by atoms with Gasteiger partial charge in [-0.25, -0.2) is 4.79 Å². The summed E-state index contributed by atoms with van der Waals surface area (Å²) in [7, 11) is 1.61. The van der Waals surface area contributed by atoms with E-state index in [0.717, 1.165) is 34.2 Å². The number of methoxy groups -OCH3 is 1. The van der Waals surface area contributed by atoms with Gasteiger partial charge in [0, 0.05) is 47.8 Å². The second-order valence-electron chi connectivity index (χ2n) is 10.4. The summed E-state index contributed by atoms with van der Waals surface area (Å²) in [5, 5.41) is 3.33. The summed E-state index contributed by atoms with van der Waals surface area (Å²) in [6.07, 6.45) is 1.27. The zero-order valence-electron chi connectivity index (χ0n) is 25.0. The van der Waals surface area contributed by atoms with Crippen LogP contribution < -0.4 is 21.5 Å². The van der Waals surface area contributed by atoms with Crippen molar-refractivity contribution in [2.75, 3.05) is 26.7 Å². The Labute approximate surface area is 262 Å². The van der Waals surface area contributed by atoms with Crippen molar-refractivity contribution < 1.29 is 23.9 Å². The van der Waals surface area contributed by atoms with Gasteiger partial charge in [0.05, 0.1) is 12.7 Å². The van der Waals surface area contributed by atoms with Crippen molar-refractivity contribution in [1.82, 2.24) is 10.2 Å². The number of primary amides is 1. The zero-order chi connectivity index (χ0) is 31.4. The van der Waals surface area contributed by atoms with Crippen LogP contribution in [0.25, 0.3) is 0 Å². The van der Waals surface area contributed by atoms with E-state index in [1.165, 1.54) is 18.2 Å². The highest BCUT2D eigenvalue weighted by Gasteiger charge is 2.25. The number of hydrogen-bond donors (Lipinski definition) is 3. The number of carbonyl (C=O) groups excluding carboxylic acids is 3. The lowest BCUT2D eigenvalue weighted by Gasteiger charge is -2.25. The molecule has 0 aliphatic rings. The molecule has 2 amide bonds. The maximum Gasteiger partial charge on any atom is 0.338 e. The van der Waals surface area contributed by atoms with Crippen LogP contribution in [0.1, 0.15) is 68.9 Å². The van der Waals surface area contributed by atoms with Crippen molar-refractivity contribution in [1.29, 1.82) is 0 Å². The van der Waals surface area contributed by atoms with E-state index in [0.29, 0.717) is 26.1 Å². The third-order valence-corrected chi connectivity index (χ3v) is 7.37. The highest BCUT2D eigenvalue weighted by atomic mass is 79.9. The molecule has 0 spiro atoms. The molecule has 0 aliphatic heterocycles. The number of amides is 2. The Morgan fingerprint density at radius 1 is 0.907 bits per heavy atom. The molecule has 0 saturated heterocycles. The van der Waals surface area contributed by atoms with Gasteiger partial charge in [-0.05, 0) is 72.9 Å². The summed E-state index contributed by atoms with van der Waals surface area (Å²) in [5.41, 5.74) is 14.5. The lowest BCUT2D eigenvalue weighted by atomic mass is 10.0. The molecule has 5 N–H and O–H groups in total. The van der Waals surface area contributed by atoms with Crippen molar-refractivity contribution in [3.63, 3.8) is 0 Å². The van der Waals surface area contributed by atoms with Crippen LogP contribution in [0.4, 0.5) is 0 Å². The molecule has 9 nitrogen and oxygen atoms in total. The molecule has 230 valence electrons. The van der Waals surface area contributed by atoms with Crippen molar-refractivity contribution in [2.24, 2.45) is 11.5 Å². The van der Waals surface area contributed by atoms with Gasteiger partial charge in [-0.3, -0.25) is 9.59 Å². The molecule has 3 aromatic rings. The Morgan fingerprint density at radius 3 is 2.21 bits per heavy atom. The summed E-state index contributed by atoms with van der Waals surface area (Å²) < 4.78 is 12.2. The first-order valence-electron chi connectivity index (χ1n) is 14.4. The summed E-state index contributed by atoms with van der Waals surface area (Å²) in [6.45, 7) is 5.84. The van der Waals surface area contributed by atoms with Gasteiger partial charge >= 0.3 is 5.97 Å². The molecule has 3 rings (SSSR count). The van der Waals surface area contributed by atoms with Gasteiger partial charge in [0.15, 0.2) is 0 Å². The minimum atomic E-state index is -0.746. The van der Waals surface area contributed by atoms with E-state index in [9.17, 15) is 14.4 Å². The number of hydrogen-bond acceptors (Lipinski definition) is 7. The summed E-state index contributed by atoms with van der Waals surface area (Å²) in [6, 6.07) is 19.1. The lowest BCUT2D eigenvalue weighted by molar-refractivity contribution is 0.0238. The third-order valence-electron chi connectivity index (χ3n) is 6.88. The predicted molar refractivity (Wildman–Crippen MR) is 171 cm³/mol. The molecule has 3 aromatic carbocycles. The average Bonchev–Trinajstić information content (AvgIpc) is 2.99. The minimum Gasteiger partial charge on any atom is -0.497 e. The highest BCUT2D eigenvalue weighted by molar-refractivity contribution is 9.10. The van der Waals surface area contributed by atoms with Crippen LogP contribution in [0.3, 0.4) is 0 Å². The summed E-state index contributed by atoms with van der Waals surface area (Å²) in [5.74, 6) is -0.981. The smallest absolute Gasteiger partial charge is 0.338 e. The second kappa shape index (κ2) is 16.8. The van der Waals surface area contributed by atoms with Gasteiger partial charge in [-0.1, -0.05) is 54.0 Å². The molecule has 2 atom stereocenters. The van der Waals surface area contributed by atoms with Gasteiger partial charge in [-0.15, -0.1) is 0 Å². The van der Waals surface area contributed by atoms with E-state index in [1.54, 1.807) is 12.0 Å². The van der Waals surface area contributed by atoms with Crippen LogP contribution in [0.2, 0.25) is 0 Å². The number of carbonyl (C=O) groups is 3. The highest BCUT2D eigenvalue weighted by Crippen LogP contribution is 2.18. The van der Waals surface area contributed by atoms with Crippen LogP contribution in [0.15, 0.2) is 71.2 Å². The van der Waals surface area contributed by atoms with E-state index in [-0.39, 0.29) is 29.1 Å². The predicted octanol–water partition coefficient (Wildman–Crippen LogP) is 4.70. The second-order valence-corrected chi connectivity index (χ2v) is 11.3. The Balaban J connectivity index is 1.86. The number of nitrogens with one attached hydrogen (secondary N) is 1. The van der Waals surface area contributed by atoms with Crippen molar-refractivity contribution in [3.05, 3.63) is 99.0 Å². The van der Waals surface area contributed by atoms with E-state index in [4.69, 9.17) is 20.9 Å². The fraction of sp³-hybridized carbons (Fsp3) is 0.364. The van der Waals surface area contributed by atoms with Gasteiger partial charge in [0.1, 0.15) is 11.9 Å².